The van der Waals surface area contributed by atoms with Gasteiger partial charge in [0.2, 0.25) is 0 Å². The van der Waals surface area contributed by atoms with E-state index < -0.39 is 0 Å². The zero-order valence-electron chi connectivity index (χ0n) is 9.13. The van der Waals surface area contributed by atoms with Crippen LogP contribution in [0.3, 0.4) is 0 Å². The van der Waals surface area contributed by atoms with Gasteiger partial charge in [-0.25, -0.2) is 4.98 Å². The van der Waals surface area contributed by atoms with Crippen LogP contribution in [0, 0.1) is 5.92 Å². The number of halogens is 1. The fraction of sp³-hybridized carbons (Fsp3) is 0.417. The zero-order chi connectivity index (χ0) is 11.3. The Bertz CT molecular complexity index is 542. The maximum Gasteiger partial charge on any atom is 0.112 e. The molecule has 3 N–H and O–H groups in total. The molecule has 1 heterocycles. The Balaban J connectivity index is 2.11. The van der Waals surface area contributed by atoms with Gasteiger partial charge in [-0.1, -0.05) is 18.5 Å². The second kappa shape index (κ2) is 3.39. The van der Waals surface area contributed by atoms with Crippen molar-refractivity contribution in [2.75, 3.05) is 5.73 Å². The van der Waals surface area contributed by atoms with Gasteiger partial charge in [-0.15, -0.1) is 0 Å². The third-order valence-corrected chi connectivity index (χ3v) is 3.58. The van der Waals surface area contributed by atoms with Crippen LogP contribution in [0.2, 0.25) is 5.02 Å². The van der Waals surface area contributed by atoms with Crippen LogP contribution in [0.15, 0.2) is 12.1 Å². The fourth-order valence-corrected chi connectivity index (χ4v) is 2.39. The van der Waals surface area contributed by atoms with E-state index in [2.05, 4.69) is 16.9 Å². The van der Waals surface area contributed by atoms with Gasteiger partial charge in [0.05, 0.1) is 11.2 Å². The number of rotatable bonds is 2. The van der Waals surface area contributed by atoms with Crippen molar-refractivity contribution >= 4 is 28.3 Å². The average Bonchev–Trinajstić information content (AvgIpc) is 2.97. The molecule has 0 saturated heterocycles. The molecule has 1 fully saturated rings. The summed E-state index contributed by atoms with van der Waals surface area (Å²) in [5.41, 5.74) is 8.32. The van der Waals surface area contributed by atoms with Crippen LogP contribution < -0.4 is 5.73 Å². The number of anilines is 1. The Labute approximate surface area is 99.0 Å². The number of nitrogens with two attached hydrogens (primary N) is 1. The van der Waals surface area contributed by atoms with Crippen LogP contribution in [-0.2, 0) is 0 Å². The lowest BCUT2D eigenvalue weighted by molar-refractivity contribution is 0.630. The first-order chi connectivity index (χ1) is 7.65. The average molecular weight is 236 g/mol. The third kappa shape index (κ3) is 1.55. The van der Waals surface area contributed by atoms with Crippen molar-refractivity contribution in [3.63, 3.8) is 0 Å². The molecular weight excluding hydrogens is 222 g/mol. The first kappa shape index (κ1) is 9.97. The Kier molecular flexibility index (Phi) is 2.11. The molecule has 1 atom stereocenters. The van der Waals surface area contributed by atoms with E-state index in [1.165, 1.54) is 12.8 Å². The number of imidazole rings is 1. The number of aromatic amines is 1. The van der Waals surface area contributed by atoms with E-state index in [1.807, 2.05) is 6.07 Å². The Hall–Kier alpha value is -1.22. The number of H-pyrrole nitrogens is 1. The summed E-state index contributed by atoms with van der Waals surface area (Å²) >= 11 is 5.96. The normalized spacial score (nSPS) is 17.9. The van der Waals surface area contributed by atoms with Gasteiger partial charge in [0, 0.05) is 10.9 Å². The van der Waals surface area contributed by atoms with Gasteiger partial charge in [0.25, 0.3) is 0 Å². The molecular formula is C12H14ClN3. The minimum atomic E-state index is 0.491. The molecule has 84 valence electrons. The minimum Gasteiger partial charge on any atom is -0.397 e. The minimum absolute atomic E-state index is 0.491. The second-order valence-electron chi connectivity index (χ2n) is 4.64. The number of hydrogen-bond donors (Lipinski definition) is 2. The third-order valence-electron chi connectivity index (χ3n) is 3.36. The van der Waals surface area contributed by atoms with Crippen LogP contribution in [0.25, 0.3) is 11.0 Å². The van der Waals surface area contributed by atoms with Crippen LogP contribution >= 0.6 is 11.6 Å². The molecule has 3 rings (SSSR count). The maximum absolute atomic E-state index is 5.96. The summed E-state index contributed by atoms with van der Waals surface area (Å²) < 4.78 is 0. The summed E-state index contributed by atoms with van der Waals surface area (Å²) in [4.78, 5) is 7.90. The lowest BCUT2D eigenvalue weighted by Crippen LogP contribution is -1.97. The molecule has 1 aliphatic carbocycles. The van der Waals surface area contributed by atoms with Crippen molar-refractivity contribution in [1.29, 1.82) is 0 Å². The fourth-order valence-electron chi connectivity index (χ4n) is 2.16. The number of fused-ring (bicyclic) bond motifs is 1. The highest BCUT2D eigenvalue weighted by molar-refractivity contribution is 6.31. The van der Waals surface area contributed by atoms with E-state index in [-0.39, 0.29) is 0 Å². The number of hydrogen-bond acceptors (Lipinski definition) is 2. The van der Waals surface area contributed by atoms with Gasteiger partial charge in [0.15, 0.2) is 0 Å². The van der Waals surface area contributed by atoms with E-state index in [4.69, 9.17) is 17.3 Å². The smallest absolute Gasteiger partial charge is 0.112 e. The topological polar surface area (TPSA) is 54.7 Å². The van der Waals surface area contributed by atoms with E-state index in [0.717, 1.165) is 22.8 Å². The summed E-state index contributed by atoms with van der Waals surface area (Å²) in [5, 5.41) is 0.652. The van der Waals surface area contributed by atoms with Gasteiger partial charge < -0.3 is 10.7 Å². The Morgan fingerprint density at radius 3 is 2.94 bits per heavy atom. The molecule has 16 heavy (non-hydrogen) atoms. The molecule has 0 bridgehead atoms. The van der Waals surface area contributed by atoms with E-state index in [0.29, 0.717) is 16.6 Å². The van der Waals surface area contributed by atoms with Gasteiger partial charge in [-0.2, -0.15) is 0 Å². The maximum atomic E-state index is 5.96. The highest BCUT2D eigenvalue weighted by Crippen LogP contribution is 2.42. The molecule has 1 saturated carbocycles. The molecule has 1 aromatic heterocycles. The van der Waals surface area contributed by atoms with Gasteiger partial charge in [-0.3, -0.25) is 0 Å². The number of benzene rings is 1. The van der Waals surface area contributed by atoms with Crippen LogP contribution in [-0.4, -0.2) is 9.97 Å². The lowest BCUT2D eigenvalue weighted by atomic mass is 10.1. The summed E-state index contributed by atoms with van der Waals surface area (Å²) in [6.07, 6.45) is 2.63. The number of nitrogen functional groups attached to an aromatic ring is 1. The molecule has 1 unspecified atom stereocenters. The van der Waals surface area contributed by atoms with Crippen molar-refractivity contribution in [1.82, 2.24) is 9.97 Å². The van der Waals surface area contributed by atoms with E-state index >= 15 is 0 Å². The summed E-state index contributed by atoms with van der Waals surface area (Å²) in [5.74, 6) is 2.31. The number of aromatic nitrogens is 2. The van der Waals surface area contributed by atoms with Gasteiger partial charge >= 0.3 is 0 Å². The van der Waals surface area contributed by atoms with Crippen LogP contribution in [0.5, 0.6) is 0 Å². The summed E-state index contributed by atoms with van der Waals surface area (Å²) in [7, 11) is 0. The molecule has 0 spiro atoms. The molecule has 0 amide bonds. The predicted molar refractivity (Wildman–Crippen MR) is 66.7 cm³/mol. The van der Waals surface area contributed by atoms with Crippen LogP contribution in [0.1, 0.15) is 31.5 Å². The van der Waals surface area contributed by atoms with Crippen molar-refractivity contribution in [3.8, 4) is 0 Å². The van der Waals surface area contributed by atoms with Crippen molar-refractivity contribution < 1.29 is 0 Å². The van der Waals surface area contributed by atoms with Gasteiger partial charge in [-0.05, 0) is 30.9 Å². The van der Waals surface area contributed by atoms with Crippen LogP contribution in [0.4, 0.5) is 5.69 Å². The zero-order valence-corrected chi connectivity index (χ0v) is 9.88. The first-order valence-corrected chi connectivity index (χ1v) is 5.97. The molecule has 1 aromatic carbocycles. The van der Waals surface area contributed by atoms with Crippen molar-refractivity contribution in [2.24, 2.45) is 5.92 Å². The van der Waals surface area contributed by atoms with Gasteiger partial charge in [0.1, 0.15) is 11.3 Å². The van der Waals surface area contributed by atoms with E-state index in [1.54, 1.807) is 6.07 Å². The monoisotopic (exact) mass is 235 g/mol. The second-order valence-corrected chi connectivity index (χ2v) is 5.08. The molecule has 0 aliphatic heterocycles. The molecule has 3 nitrogen and oxygen atoms in total. The molecule has 2 aromatic rings. The lowest BCUT2D eigenvalue weighted by Gasteiger charge is -2.04. The highest BCUT2D eigenvalue weighted by atomic mass is 35.5. The molecule has 1 aliphatic rings. The van der Waals surface area contributed by atoms with E-state index in [9.17, 15) is 0 Å². The largest absolute Gasteiger partial charge is 0.397 e. The summed E-state index contributed by atoms with van der Waals surface area (Å²) in [6.45, 7) is 2.22. The standard InChI is InChI=1S/C12H14ClN3/c1-6(7-2-3-7)12-15-10-5-8(13)4-9(14)11(10)16-12/h4-7H,2-3,14H2,1H3,(H,15,16). The first-order valence-electron chi connectivity index (χ1n) is 5.60. The number of nitrogens with zero attached hydrogens (tertiary/aromatic N) is 1. The summed E-state index contributed by atoms with van der Waals surface area (Å²) in [6, 6.07) is 3.62. The van der Waals surface area contributed by atoms with Crippen molar-refractivity contribution in [2.45, 2.75) is 25.7 Å². The molecule has 4 heteroatoms. The Morgan fingerprint density at radius 1 is 1.50 bits per heavy atom. The highest BCUT2D eigenvalue weighted by Gasteiger charge is 2.30. The SMILES string of the molecule is CC(c1nc2c(N)cc(Cl)cc2[nH]1)C1CC1. The quantitative estimate of drug-likeness (QED) is 0.785. The number of nitrogens with one attached hydrogen (secondary N) is 1. The molecule has 0 radical (unpaired) electrons. The Morgan fingerprint density at radius 2 is 2.25 bits per heavy atom. The van der Waals surface area contributed by atoms with Crippen molar-refractivity contribution in [3.05, 3.63) is 23.0 Å². The predicted octanol–water partition coefficient (Wildman–Crippen LogP) is 3.31.